The first kappa shape index (κ1) is 15.6. The number of aromatic nitrogens is 2. The molecule has 3 aromatic rings. The molecule has 0 radical (unpaired) electrons. The number of aromatic amines is 1. The first-order chi connectivity index (χ1) is 12.1. The molecule has 4 N–H and O–H groups in total. The van der Waals surface area contributed by atoms with Gasteiger partial charge in [-0.1, -0.05) is 18.9 Å². The first-order valence-electron chi connectivity index (χ1n) is 8.46. The van der Waals surface area contributed by atoms with Gasteiger partial charge in [0.15, 0.2) is 0 Å². The van der Waals surface area contributed by atoms with Gasteiger partial charge >= 0.3 is 0 Å². The van der Waals surface area contributed by atoms with Crippen LogP contribution in [0.4, 0.5) is 10.2 Å². The molecule has 2 heterocycles. The summed E-state index contributed by atoms with van der Waals surface area (Å²) in [4.78, 5) is 19.2. The number of fused-ring (bicyclic) bond motifs is 1. The van der Waals surface area contributed by atoms with E-state index in [0.717, 1.165) is 40.8 Å². The average molecular weight is 338 g/mol. The number of nitrogens with zero attached hydrogens (tertiary/aromatic N) is 1. The zero-order valence-electron chi connectivity index (χ0n) is 13.7. The number of amides is 1. The Bertz CT molecular complexity index is 944. The van der Waals surface area contributed by atoms with Crippen molar-refractivity contribution in [2.45, 2.75) is 31.7 Å². The molecule has 0 aliphatic heterocycles. The highest BCUT2D eigenvalue weighted by Crippen LogP contribution is 2.32. The van der Waals surface area contributed by atoms with Gasteiger partial charge in [0.25, 0.3) is 5.91 Å². The molecule has 6 heteroatoms. The second-order valence-electron chi connectivity index (χ2n) is 6.48. The zero-order valence-corrected chi connectivity index (χ0v) is 13.7. The summed E-state index contributed by atoms with van der Waals surface area (Å²) in [5, 5.41) is 4.40. The van der Waals surface area contributed by atoms with Crippen LogP contribution in [0.2, 0.25) is 0 Å². The van der Waals surface area contributed by atoms with E-state index >= 15 is 0 Å². The highest BCUT2D eigenvalue weighted by molar-refractivity contribution is 5.98. The van der Waals surface area contributed by atoms with Crippen LogP contribution in [0, 0.1) is 5.82 Å². The number of benzene rings is 1. The molecule has 0 bridgehead atoms. The number of nitrogens with one attached hydrogen (secondary N) is 2. The van der Waals surface area contributed by atoms with Gasteiger partial charge < -0.3 is 16.0 Å². The molecule has 1 aliphatic carbocycles. The summed E-state index contributed by atoms with van der Waals surface area (Å²) in [6.45, 7) is 0. The number of carbonyl (C=O) groups excluding carboxylic acids is 1. The highest BCUT2D eigenvalue weighted by atomic mass is 19.1. The van der Waals surface area contributed by atoms with E-state index in [4.69, 9.17) is 5.73 Å². The number of hydrogen-bond donors (Lipinski definition) is 3. The lowest BCUT2D eigenvalue weighted by atomic mass is 10.0. The van der Waals surface area contributed by atoms with Crippen LogP contribution in [0.15, 0.2) is 36.5 Å². The molecule has 25 heavy (non-hydrogen) atoms. The van der Waals surface area contributed by atoms with Gasteiger partial charge in [-0.25, -0.2) is 9.37 Å². The van der Waals surface area contributed by atoms with Crippen molar-refractivity contribution < 1.29 is 9.18 Å². The van der Waals surface area contributed by atoms with E-state index in [-0.39, 0.29) is 5.56 Å². The van der Waals surface area contributed by atoms with Gasteiger partial charge in [-0.05, 0) is 48.2 Å². The van der Waals surface area contributed by atoms with E-state index in [1.54, 1.807) is 6.07 Å². The van der Waals surface area contributed by atoms with Crippen LogP contribution in [0.5, 0.6) is 0 Å². The molecule has 0 atom stereocenters. The maximum absolute atomic E-state index is 13.8. The number of primary amides is 1. The zero-order chi connectivity index (χ0) is 17.4. The number of nitrogens with two attached hydrogens (primary N) is 1. The molecule has 1 saturated carbocycles. The van der Waals surface area contributed by atoms with Crippen molar-refractivity contribution in [2.75, 3.05) is 5.32 Å². The van der Waals surface area contributed by atoms with Gasteiger partial charge in [-0.2, -0.15) is 0 Å². The van der Waals surface area contributed by atoms with Gasteiger partial charge in [-0.3, -0.25) is 4.79 Å². The summed E-state index contributed by atoms with van der Waals surface area (Å²) >= 11 is 0. The summed E-state index contributed by atoms with van der Waals surface area (Å²) in [6, 6.07) is 8.74. The van der Waals surface area contributed by atoms with E-state index in [1.807, 2.05) is 18.3 Å². The van der Waals surface area contributed by atoms with E-state index in [1.165, 1.54) is 25.0 Å². The number of rotatable bonds is 4. The lowest BCUT2D eigenvalue weighted by molar-refractivity contribution is 0.0996. The standard InChI is InChI=1S/C19H19FN4O/c20-16-6-5-11(9-15(16)18(21)25)14-10-17(23-12-3-1-2-4-12)24-19-13(14)7-8-22-19/h5-10,12H,1-4H2,(H2,21,25)(H2,22,23,24). The molecule has 5 nitrogen and oxygen atoms in total. The molecule has 0 spiro atoms. The van der Waals surface area contributed by atoms with Crippen molar-refractivity contribution in [3.05, 3.63) is 47.9 Å². The second-order valence-corrected chi connectivity index (χ2v) is 6.48. The van der Waals surface area contributed by atoms with Crippen LogP contribution in [0.25, 0.3) is 22.2 Å². The number of H-pyrrole nitrogens is 1. The minimum absolute atomic E-state index is 0.108. The summed E-state index contributed by atoms with van der Waals surface area (Å²) in [5.41, 5.74) is 7.54. The predicted molar refractivity (Wildman–Crippen MR) is 95.9 cm³/mol. The third-order valence-corrected chi connectivity index (χ3v) is 4.78. The Labute approximate surface area is 144 Å². The van der Waals surface area contributed by atoms with Crippen LogP contribution >= 0.6 is 0 Å². The molecule has 1 amide bonds. The molecule has 2 aromatic heterocycles. The first-order valence-corrected chi connectivity index (χ1v) is 8.46. The van der Waals surface area contributed by atoms with E-state index in [0.29, 0.717) is 6.04 Å². The fourth-order valence-electron chi connectivity index (χ4n) is 3.51. The molecule has 1 fully saturated rings. The van der Waals surface area contributed by atoms with Crippen LogP contribution < -0.4 is 11.1 Å². The van der Waals surface area contributed by atoms with E-state index in [9.17, 15) is 9.18 Å². The SMILES string of the molecule is NC(=O)c1cc(-c2cc(NC3CCCC3)nc3[nH]ccc23)ccc1F. The number of anilines is 1. The lowest BCUT2D eigenvalue weighted by Gasteiger charge is -2.14. The van der Waals surface area contributed by atoms with Gasteiger partial charge in [-0.15, -0.1) is 0 Å². The van der Waals surface area contributed by atoms with Gasteiger partial charge in [0.1, 0.15) is 17.3 Å². The van der Waals surface area contributed by atoms with Gasteiger partial charge in [0.2, 0.25) is 0 Å². The van der Waals surface area contributed by atoms with Crippen molar-refractivity contribution in [1.82, 2.24) is 9.97 Å². The summed E-state index contributed by atoms with van der Waals surface area (Å²) in [5.74, 6) is -0.607. The molecule has 1 aromatic carbocycles. The normalized spacial score (nSPS) is 14.9. The van der Waals surface area contributed by atoms with Crippen molar-refractivity contribution in [2.24, 2.45) is 5.73 Å². The van der Waals surface area contributed by atoms with Gasteiger partial charge in [0.05, 0.1) is 5.56 Å². The van der Waals surface area contributed by atoms with Crippen LogP contribution in [-0.2, 0) is 0 Å². The lowest BCUT2D eigenvalue weighted by Crippen LogP contribution is -2.15. The second kappa shape index (κ2) is 6.20. The number of hydrogen-bond acceptors (Lipinski definition) is 3. The van der Waals surface area contributed by atoms with Crippen molar-refractivity contribution in [3.8, 4) is 11.1 Å². The maximum atomic E-state index is 13.8. The summed E-state index contributed by atoms with van der Waals surface area (Å²) < 4.78 is 13.8. The number of pyridine rings is 1. The van der Waals surface area contributed by atoms with E-state index < -0.39 is 11.7 Å². The Morgan fingerprint density at radius 1 is 1.24 bits per heavy atom. The van der Waals surface area contributed by atoms with E-state index in [2.05, 4.69) is 15.3 Å². The average Bonchev–Trinajstić information content (AvgIpc) is 3.26. The minimum atomic E-state index is -0.775. The predicted octanol–water partition coefficient (Wildman–Crippen LogP) is 3.82. The number of halogens is 1. The molecule has 0 saturated heterocycles. The quantitative estimate of drug-likeness (QED) is 0.676. The molecular formula is C19H19FN4O. The molecule has 0 unspecified atom stereocenters. The van der Waals surface area contributed by atoms with Crippen LogP contribution in [-0.4, -0.2) is 21.9 Å². The smallest absolute Gasteiger partial charge is 0.251 e. The molecule has 128 valence electrons. The molecule has 4 rings (SSSR count). The Balaban J connectivity index is 1.81. The monoisotopic (exact) mass is 338 g/mol. The van der Waals surface area contributed by atoms with Crippen LogP contribution in [0.1, 0.15) is 36.0 Å². The largest absolute Gasteiger partial charge is 0.367 e. The fourth-order valence-corrected chi connectivity index (χ4v) is 3.51. The highest BCUT2D eigenvalue weighted by Gasteiger charge is 2.17. The maximum Gasteiger partial charge on any atom is 0.251 e. The topological polar surface area (TPSA) is 83.8 Å². The number of carbonyl (C=O) groups is 1. The van der Waals surface area contributed by atoms with Gasteiger partial charge in [0, 0.05) is 17.6 Å². The minimum Gasteiger partial charge on any atom is -0.367 e. The Hall–Kier alpha value is -2.89. The Kier molecular flexibility index (Phi) is 3.87. The molecular weight excluding hydrogens is 319 g/mol. The third kappa shape index (κ3) is 2.95. The van der Waals surface area contributed by atoms with Crippen LogP contribution in [0.3, 0.4) is 0 Å². The molecule has 1 aliphatic rings. The van der Waals surface area contributed by atoms with Crippen molar-refractivity contribution >= 4 is 22.8 Å². The third-order valence-electron chi connectivity index (χ3n) is 4.78. The Morgan fingerprint density at radius 2 is 2.04 bits per heavy atom. The summed E-state index contributed by atoms with van der Waals surface area (Å²) in [6.07, 6.45) is 6.56. The summed E-state index contributed by atoms with van der Waals surface area (Å²) in [7, 11) is 0. The Morgan fingerprint density at radius 3 is 2.80 bits per heavy atom. The van der Waals surface area contributed by atoms with Crippen molar-refractivity contribution in [3.63, 3.8) is 0 Å². The fraction of sp³-hybridized carbons (Fsp3) is 0.263. The van der Waals surface area contributed by atoms with Crippen molar-refractivity contribution in [1.29, 1.82) is 0 Å².